The predicted molar refractivity (Wildman–Crippen MR) is 73.0 cm³/mol. The number of hydrogen-bond acceptors (Lipinski definition) is 5. The first-order valence-electron chi connectivity index (χ1n) is 5.80. The number of carbonyl (C=O) groups is 1. The molecule has 2 rings (SSSR count). The van der Waals surface area contributed by atoms with Crippen molar-refractivity contribution < 1.29 is 9.72 Å². The predicted octanol–water partition coefficient (Wildman–Crippen LogP) is 0.0835. The van der Waals surface area contributed by atoms with Crippen molar-refractivity contribution in [2.75, 3.05) is 5.32 Å². The molecule has 0 aliphatic rings. The number of anilines is 1. The number of aromatic amines is 1. The Morgan fingerprint density at radius 2 is 2.10 bits per heavy atom. The van der Waals surface area contributed by atoms with Crippen LogP contribution in [0.15, 0.2) is 46.1 Å². The molecule has 9 heteroatoms. The van der Waals surface area contributed by atoms with Gasteiger partial charge in [-0.05, 0) is 6.07 Å². The van der Waals surface area contributed by atoms with Crippen LogP contribution in [0.25, 0.3) is 0 Å². The molecule has 0 saturated carbocycles. The van der Waals surface area contributed by atoms with Gasteiger partial charge in [0.15, 0.2) is 0 Å². The van der Waals surface area contributed by atoms with E-state index >= 15 is 0 Å². The van der Waals surface area contributed by atoms with E-state index in [1.165, 1.54) is 30.5 Å². The van der Waals surface area contributed by atoms with Crippen LogP contribution < -0.4 is 16.6 Å². The van der Waals surface area contributed by atoms with Crippen LogP contribution in [0.5, 0.6) is 0 Å². The monoisotopic (exact) mass is 290 g/mol. The maximum absolute atomic E-state index is 11.8. The molecule has 0 bridgehead atoms. The highest BCUT2D eigenvalue weighted by Crippen LogP contribution is 2.16. The average molecular weight is 290 g/mol. The van der Waals surface area contributed by atoms with E-state index in [9.17, 15) is 24.5 Å². The van der Waals surface area contributed by atoms with Crippen LogP contribution >= 0.6 is 0 Å². The smallest absolute Gasteiger partial charge is 0.324 e. The number of H-pyrrole nitrogens is 1. The van der Waals surface area contributed by atoms with Gasteiger partial charge in [0.25, 0.3) is 11.2 Å². The molecule has 2 N–H and O–H groups in total. The van der Waals surface area contributed by atoms with Gasteiger partial charge >= 0.3 is 5.69 Å². The van der Waals surface area contributed by atoms with Crippen molar-refractivity contribution in [1.29, 1.82) is 0 Å². The van der Waals surface area contributed by atoms with Gasteiger partial charge in [0.1, 0.15) is 6.54 Å². The molecule has 0 radical (unpaired) electrons. The van der Waals surface area contributed by atoms with Crippen molar-refractivity contribution in [2.24, 2.45) is 0 Å². The summed E-state index contributed by atoms with van der Waals surface area (Å²) < 4.78 is 1.01. The van der Waals surface area contributed by atoms with Gasteiger partial charge in [0.05, 0.1) is 4.92 Å². The molecule has 9 nitrogen and oxygen atoms in total. The molecule has 1 aromatic carbocycles. The number of carbonyl (C=O) groups excluding carboxylic acids is 1. The number of nitro benzene ring substituents is 1. The lowest BCUT2D eigenvalue weighted by Gasteiger charge is -2.06. The second-order valence-electron chi connectivity index (χ2n) is 4.09. The van der Waals surface area contributed by atoms with Gasteiger partial charge in [0.2, 0.25) is 5.91 Å². The molecule has 0 spiro atoms. The number of nitro groups is 1. The van der Waals surface area contributed by atoms with Crippen LogP contribution in [0.1, 0.15) is 0 Å². The fraction of sp³-hybridized carbons (Fsp3) is 0.0833. The molecule has 1 aromatic heterocycles. The Balaban J connectivity index is 2.11. The summed E-state index contributed by atoms with van der Waals surface area (Å²) in [5, 5.41) is 13.1. The zero-order valence-electron chi connectivity index (χ0n) is 10.6. The molecular formula is C12H10N4O5. The van der Waals surface area contributed by atoms with Crippen molar-refractivity contribution in [3.8, 4) is 0 Å². The molecule has 0 saturated heterocycles. The SMILES string of the molecule is O=C(Cn1ccc(=O)[nH]c1=O)Nc1cccc([N+](=O)[O-])c1. The van der Waals surface area contributed by atoms with Crippen LogP contribution in [-0.2, 0) is 11.3 Å². The lowest BCUT2D eigenvalue weighted by molar-refractivity contribution is -0.384. The zero-order valence-corrected chi connectivity index (χ0v) is 10.6. The highest BCUT2D eigenvalue weighted by Gasteiger charge is 2.09. The van der Waals surface area contributed by atoms with Crippen molar-refractivity contribution in [1.82, 2.24) is 9.55 Å². The lowest BCUT2D eigenvalue weighted by Crippen LogP contribution is -2.32. The van der Waals surface area contributed by atoms with E-state index in [1.54, 1.807) is 0 Å². The van der Waals surface area contributed by atoms with Gasteiger partial charge in [-0.15, -0.1) is 0 Å². The molecular weight excluding hydrogens is 280 g/mol. The summed E-state index contributed by atoms with van der Waals surface area (Å²) in [5.74, 6) is -0.551. The third-order valence-corrected chi connectivity index (χ3v) is 2.55. The van der Waals surface area contributed by atoms with Crippen LogP contribution in [-0.4, -0.2) is 20.4 Å². The molecule has 0 atom stereocenters. The minimum absolute atomic E-state index is 0.158. The van der Waals surface area contributed by atoms with Gasteiger partial charge in [-0.1, -0.05) is 6.07 Å². The molecule has 1 amide bonds. The molecule has 0 fully saturated rings. The summed E-state index contributed by atoms with van der Waals surface area (Å²) in [5.41, 5.74) is -1.19. The Morgan fingerprint density at radius 3 is 2.76 bits per heavy atom. The molecule has 0 unspecified atom stereocenters. The zero-order chi connectivity index (χ0) is 15.4. The van der Waals surface area contributed by atoms with Crippen LogP contribution in [0.3, 0.4) is 0 Å². The van der Waals surface area contributed by atoms with Gasteiger partial charge in [0, 0.05) is 30.1 Å². The Morgan fingerprint density at radius 1 is 1.33 bits per heavy atom. The lowest BCUT2D eigenvalue weighted by atomic mass is 10.3. The Kier molecular flexibility index (Phi) is 3.93. The van der Waals surface area contributed by atoms with E-state index in [1.807, 2.05) is 4.98 Å². The first kappa shape index (κ1) is 14.2. The van der Waals surface area contributed by atoms with Crippen LogP contribution in [0, 0.1) is 10.1 Å². The standard InChI is InChI=1S/C12H10N4O5/c17-10-4-5-15(12(19)14-10)7-11(18)13-8-2-1-3-9(6-8)16(20)21/h1-6H,7H2,(H,13,18)(H,14,17,19). The number of benzene rings is 1. The Hall–Kier alpha value is -3.23. The quantitative estimate of drug-likeness (QED) is 0.609. The highest BCUT2D eigenvalue weighted by molar-refractivity contribution is 5.90. The Bertz CT molecular complexity index is 808. The normalized spacial score (nSPS) is 10.1. The second kappa shape index (κ2) is 5.82. The van der Waals surface area contributed by atoms with E-state index in [0.717, 1.165) is 10.6 Å². The van der Waals surface area contributed by atoms with Gasteiger partial charge in [-0.25, -0.2) is 4.79 Å². The summed E-state index contributed by atoms with van der Waals surface area (Å²) in [4.78, 5) is 46.1. The molecule has 1 heterocycles. The van der Waals surface area contributed by atoms with Crippen molar-refractivity contribution >= 4 is 17.3 Å². The van der Waals surface area contributed by atoms with Gasteiger partial charge in [-0.2, -0.15) is 0 Å². The fourth-order valence-electron chi connectivity index (χ4n) is 1.62. The van der Waals surface area contributed by atoms with Gasteiger partial charge < -0.3 is 5.32 Å². The fourth-order valence-corrected chi connectivity index (χ4v) is 1.62. The Labute approximate surface area is 117 Å². The average Bonchev–Trinajstić information content (AvgIpc) is 2.42. The van der Waals surface area contributed by atoms with E-state index < -0.39 is 22.1 Å². The molecule has 108 valence electrons. The maximum atomic E-state index is 11.8. The number of non-ortho nitro benzene ring substituents is 1. The molecule has 0 aliphatic heterocycles. The van der Waals surface area contributed by atoms with Crippen molar-refractivity contribution in [3.63, 3.8) is 0 Å². The third-order valence-electron chi connectivity index (χ3n) is 2.55. The minimum atomic E-state index is -0.711. The van der Waals surface area contributed by atoms with Gasteiger partial charge in [-0.3, -0.25) is 29.3 Å². The number of rotatable bonds is 4. The van der Waals surface area contributed by atoms with Crippen molar-refractivity contribution in [3.05, 3.63) is 67.5 Å². The summed E-state index contributed by atoms with van der Waals surface area (Å²) in [6.45, 7) is -0.321. The van der Waals surface area contributed by atoms with E-state index in [-0.39, 0.29) is 17.9 Å². The maximum Gasteiger partial charge on any atom is 0.328 e. The first-order valence-corrected chi connectivity index (χ1v) is 5.80. The topological polar surface area (TPSA) is 127 Å². The molecule has 0 aliphatic carbocycles. The number of nitrogens with zero attached hydrogens (tertiary/aromatic N) is 2. The van der Waals surface area contributed by atoms with E-state index in [2.05, 4.69) is 5.32 Å². The highest BCUT2D eigenvalue weighted by atomic mass is 16.6. The van der Waals surface area contributed by atoms with Crippen molar-refractivity contribution in [2.45, 2.75) is 6.54 Å². The summed E-state index contributed by atoms with van der Waals surface area (Å²) >= 11 is 0. The second-order valence-corrected chi connectivity index (χ2v) is 4.09. The number of amides is 1. The largest absolute Gasteiger partial charge is 0.328 e. The van der Waals surface area contributed by atoms with E-state index in [0.29, 0.717) is 0 Å². The number of nitrogens with one attached hydrogen (secondary N) is 2. The van der Waals surface area contributed by atoms with E-state index in [4.69, 9.17) is 0 Å². The van der Waals surface area contributed by atoms with Crippen LogP contribution in [0.4, 0.5) is 11.4 Å². The minimum Gasteiger partial charge on any atom is -0.324 e. The first-order chi connectivity index (χ1) is 9.95. The summed E-state index contributed by atoms with van der Waals surface area (Å²) in [6.07, 6.45) is 1.19. The number of hydrogen-bond donors (Lipinski definition) is 2. The molecule has 21 heavy (non-hydrogen) atoms. The van der Waals surface area contributed by atoms with Crippen LogP contribution in [0.2, 0.25) is 0 Å². The number of aromatic nitrogens is 2. The molecule has 2 aromatic rings. The third kappa shape index (κ3) is 3.62. The summed E-state index contributed by atoms with van der Waals surface area (Å²) in [6, 6.07) is 6.53. The summed E-state index contributed by atoms with van der Waals surface area (Å²) in [7, 11) is 0.